The van der Waals surface area contributed by atoms with Crippen molar-refractivity contribution in [3.63, 3.8) is 0 Å². The lowest BCUT2D eigenvalue weighted by Gasteiger charge is -2.32. The summed E-state index contributed by atoms with van der Waals surface area (Å²) in [5.41, 5.74) is 2.52. The molecule has 0 unspecified atom stereocenters. The van der Waals surface area contributed by atoms with Gasteiger partial charge in [0, 0.05) is 5.56 Å². The SMILES string of the molecule is C=CC[C@@](CC)(C(=O)c1ccccc1)c1ccccc1C. The summed E-state index contributed by atoms with van der Waals surface area (Å²) in [5, 5.41) is 0. The molecule has 0 aliphatic rings. The van der Waals surface area contributed by atoms with Crippen LogP contribution in [0.15, 0.2) is 67.3 Å². The highest BCUT2D eigenvalue weighted by molar-refractivity contribution is 6.04. The molecule has 0 radical (unpaired) electrons. The van der Waals surface area contributed by atoms with Gasteiger partial charge in [-0.25, -0.2) is 0 Å². The summed E-state index contributed by atoms with van der Waals surface area (Å²) in [6.07, 6.45) is 3.27. The molecule has 1 nitrogen and oxygen atoms in total. The predicted octanol–water partition coefficient (Wildman–Crippen LogP) is 5.10. The Hall–Kier alpha value is -2.15. The second-order valence-electron chi connectivity index (χ2n) is 5.44. The minimum atomic E-state index is -0.519. The molecule has 0 fully saturated rings. The Morgan fingerprint density at radius 3 is 2.29 bits per heavy atom. The molecule has 1 heteroatoms. The minimum Gasteiger partial charge on any atom is -0.293 e. The second kappa shape index (κ2) is 6.53. The van der Waals surface area contributed by atoms with Crippen molar-refractivity contribution in [3.8, 4) is 0 Å². The van der Waals surface area contributed by atoms with Crippen LogP contribution in [-0.4, -0.2) is 5.78 Å². The first-order valence-corrected chi connectivity index (χ1v) is 7.42. The van der Waals surface area contributed by atoms with Gasteiger partial charge >= 0.3 is 0 Å². The van der Waals surface area contributed by atoms with Gasteiger partial charge in [0.15, 0.2) is 5.78 Å². The van der Waals surface area contributed by atoms with Crippen LogP contribution < -0.4 is 0 Å². The number of hydrogen-bond donors (Lipinski definition) is 0. The number of allylic oxidation sites excluding steroid dienone is 1. The van der Waals surface area contributed by atoms with E-state index in [2.05, 4.69) is 32.6 Å². The number of aryl methyl sites for hydroxylation is 1. The zero-order valence-electron chi connectivity index (χ0n) is 12.8. The summed E-state index contributed by atoms with van der Waals surface area (Å²) in [4.78, 5) is 13.2. The first kappa shape index (κ1) is 15.2. The predicted molar refractivity (Wildman–Crippen MR) is 88.7 cm³/mol. The zero-order chi connectivity index (χ0) is 15.3. The van der Waals surface area contributed by atoms with Gasteiger partial charge in [-0.3, -0.25) is 4.79 Å². The van der Waals surface area contributed by atoms with Crippen molar-refractivity contribution in [2.24, 2.45) is 0 Å². The van der Waals surface area contributed by atoms with Crippen LogP contribution in [0.2, 0.25) is 0 Å². The number of hydrogen-bond acceptors (Lipinski definition) is 1. The molecule has 0 aliphatic heterocycles. The number of carbonyl (C=O) groups excluding carboxylic acids is 1. The fourth-order valence-corrected chi connectivity index (χ4v) is 3.04. The molecule has 21 heavy (non-hydrogen) atoms. The van der Waals surface area contributed by atoms with Gasteiger partial charge < -0.3 is 0 Å². The monoisotopic (exact) mass is 278 g/mol. The Morgan fingerprint density at radius 1 is 1.10 bits per heavy atom. The highest BCUT2D eigenvalue weighted by atomic mass is 16.1. The van der Waals surface area contributed by atoms with E-state index in [0.29, 0.717) is 6.42 Å². The lowest BCUT2D eigenvalue weighted by atomic mass is 9.69. The summed E-state index contributed by atoms with van der Waals surface area (Å²) >= 11 is 0. The smallest absolute Gasteiger partial charge is 0.173 e. The molecule has 0 saturated heterocycles. The van der Waals surface area contributed by atoms with Crippen LogP contribution in [0, 0.1) is 6.92 Å². The topological polar surface area (TPSA) is 17.1 Å². The van der Waals surface area contributed by atoms with E-state index in [9.17, 15) is 4.79 Å². The van der Waals surface area contributed by atoms with Gasteiger partial charge in [-0.15, -0.1) is 6.58 Å². The van der Waals surface area contributed by atoms with Crippen molar-refractivity contribution in [2.75, 3.05) is 0 Å². The van der Waals surface area contributed by atoms with Crippen LogP contribution in [0.5, 0.6) is 0 Å². The summed E-state index contributed by atoms with van der Waals surface area (Å²) in [5.74, 6) is 0.180. The standard InChI is InChI=1S/C20H22O/c1-4-15-20(5-2,18-14-10-9-11-16(18)3)19(21)17-12-7-6-8-13-17/h4,6-14H,1,5,15H2,2-3H3/t20-/m1/s1. The molecule has 0 amide bonds. The van der Waals surface area contributed by atoms with Crippen LogP contribution in [0.4, 0.5) is 0 Å². The van der Waals surface area contributed by atoms with Gasteiger partial charge in [0.2, 0.25) is 0 Å². The van der Waals surface area contributed by atoms with Gasteiger partial charge in [-0.2, -0.15) is 0 Å². The number of benzene rings is 2. The lowest BCUT2D eigenvalue weighted by Crippen LogP contribution is -2.35. The van der Waals surface area contributed by atoms with E-state index >= 15 is 0 Å². The molecule has 0 saturated carbocycles. The molecule has 0 N–H and O–H groups in total. The number of Topliss-reactive ketones (excluding diaryl/α,β-unsaturated/α-hetero) is 1. The average Bonchev–Trinajstić information content (AvgIpc) is 2.53. The Bertz CT molecular complexity index is 627. The van der Waals surface area contributed by atoms with E-state index in [4.69, 9.17) is 0 Å². The van der Waals surface area contributed by atoms with Gasteiger partial charge in [0.1, 0.15) is 0 Å². The zero-order valence-corrected chi connectivity index (χ0v) is 12.8. The average molecular weight is 278 g/mol. The van der Waals surface area contributed by atoms with Crippen LogP contribution in [0.1, 0.15) is 41.3 Å². The van der Waals surface area contributed by atoms with Crippen molar-refractivity contribution in [1.29, 1.82) is 0 Å². The second-order valence-corrected chi connectivity index (χ2v) is 5.44. The molecule has 0 heterocycles. The van der Waals surface area contributed by atoms with Gasteiger partial charge in [0.05, 0.1) is 5.41 Å². The first-order chi connectivity index (χ1) is 10.2. The van der Waals surface area contributed by atoms with Crippen molar-refractivity contribution < 1.29 is 4.79 Å². The molecular formula is C20H22O. The van der Waals surface area contributed by atoms with Crippen molar-refractivity contribution in [3.05, 3.63) is 83.9 Å². The molecule has 0 aromatic heterocycles. The molecule has 0 bridgehead atoms. The highest BCUT2D eigenvalue weighted by Gasteiger charge is 2.38. The molecule has 2 rings (SSSR count). The van der Waals surface area contributed by atoms with E-state index in [1.54, 1.807) is 0 Å². The Morgan fingerprint density at radius 2 is 1.71 bits per heavy atom. The fraction of sp³-hybridized carbons (Fsp3) is 0.250. The van der Waals surface area contributed by atoms with Gasteiger partial charge in [-0.05, 0) is 30.9 Å². The fourth-order valence-electron chi connectivity index (χ4n) is 3.04. The minimum absolute atomic E-state index is 0.180. The largest absolute Gasteiger partial charge is 0.293 e. The number of carbonyl (C=O) groups is 1. The van der Waals surface area contributed by atoms with Crippen molar-refractivity contribution in [2.45, 2.75) is 32.1 Å². The summed E-state index contributed by atoms with van der Waals surface area (Å²) in [7, 11) is 0. The summed E-state index contributed by atoms with van der Waals surface area (Å²) in [6, 6.07) is 17.7. The van der Waals surface area contributed by atoms with Crippen LogP contribution in [0.3, 0.4) is 0 Å². The van der Waals surface area contributed by atoms with E-state index in [0.717, 1.165) is 23.1 Å². The first-order valence-electron chi connectivity index (χ1n) is 7.42. The van der Waals surface area contributed by atoms with E-state index in [1.807, 2.05) is 48.5 Å². The number of ketones is 1. The van der Waals surface area contributed by atoms with Gasteiger partial charge in [0.25, 0.3) is 0 Å². The third kappa shape index (κ3) is 2.82. The van der Waals surface area contributed by atoms with E-state index in [1.165, 1.54) is 0 Å². The molecular weight excluding hydrogens is 256 g/mol. The Balaban J connectivity index is 2.60. The van der Waals surface area contributed by atoms with Crippen molar-refractivity contribution >= 4 is 5.78 Å². The lowest BCUT2D eigenvalue weighted by molar-refractivity contribution is 0.0878. The van der Waals surface area contributed by atoms with Gasteiger partial charge in [-0.1, -0.05) is 67.6 Å². The maximum absolute atomic E-state index is 13.2. The molecule has 2 aromatic rings. The number of rotatable bonds is 6. The van der Waals surface area contributed by atoms with Crippen LogP contribution in [-0.2, 0) is 5.41 Å². The normalized spacial score (nSPS) is 13.4. The molecule has 0 spiro atoms. The van der Waals surface area contributed by atoms with Crippen molar-refractivity contribution in [1.82, 2.24) is 0 Å². The Labute approximate surface area is 127 Å². The molecule has 1 atom stereocenters. The maximum atomic E-state index is 13.2. The molecule has 0 aliphatic carbocycles. The van der Waals surface area contributed by atoms with E-state index < -0.39 is 5.41 Å². The summed E-state index contributed by atoms with van der Waals surface area (Å²) in [6.45, 7) is 8.02. The van der Waals surface area contributed by atoms with Crippen LogP contribution >= 0.6 is 0 Å². The highest BCUT2D eigenvalue weighted by Crippen LogP contribution is 2.37. The van der Waals surface area contributed by atoms with E-state index in [-0.39, 0.29) is 5.78 Å². The molecule has 108 valence electrons. The third-order valence-corrected chi connectivity index (χ3v) is 4.23. The maximum Gasteiger partial charge on any atom is 0.173 e. The third-order valence-electron chi connectivity index (χ3n) is 4.23. The van der Waals surface area contributed by atoms with Crippen LogP contribution in [0.25, 0.3) is 0 Å². The Kier molecular flexibility index (Phi) is 4.74. The quantitative estimate of drug-likeness (QED) is 0.530. The summed E-state index contributed by atoms with van der Waals surface area (Å²) < 4.78 is 0. The molecule has 2 aromatic carbocycles.